The van der Waals surface area contributed by atoms with E-state index in [1.807, 2.05) is 4.68 Å². The van der Waals surface area contributed by atoms with Gasteiger partial charge in [0.1, 0.15) is 12.2 Å². The van der Waals surface area contributed by atoms with Crippen molar-refractivity contribution < 1.29 is 0 Å². The highest BCUT2D eigenvalue weighted by atomic mass is 79.9. The van der Waals surface area contributed by atoms with Crippen LogP contribution in [0.5, 0.6) is 0 Å². The molecule has 0 fully saturated rings. The minimum atomic E-state index is 0.336. The molecular weight excluding hydrogens is 356 g/mol. The van der Waals surface area contributed by atoms with Crippen LogP contribution in [0.15, 0.2) is 40.1 Å². The summed E-state index contributed by atoms with van der Waals surface area (Å²) in [5, 5.41) is 11.1. The molecule has 0 spiro atoms. The van der Waals surface area contributed by atoms with Crippen molar-refractivity contribution in [1.29, 1.82) is 0 Å². The van der Waals surface area contributed by atoms with Gasteiger partial charge in [0.05, 0.1) is 6.54 Å². The van der Waals surface area contributed by atoms with Crippen molar-refractivity contribution in [2.75, 3.05) is 13.6 Å². The Balaban J connectivity index is 1.46. The maximum Gasteiger partial charge on any atom is 0.191 e. The predicted molar refractivity (Wildman–Crippen MR) is 94.5 cm³/mol. The molecule has 3 rings (SSSR count). The molecular formula is C16H21BrN6. The van der Waals surface area contributed by atoms with E-state index in [2.05, 4.69) is 65.9 Å². The summed E-state index contributed by atoms with van der Waals surface area (Å²) in [6.45, 7) is 1.69. The van der Waals surface area contributed by atoms with Gasteiger partial charge < -0.3 is 10.6 Å². The summed E-state index contributed by atoms with van der Waals surface area (Å²) in [4.78, 5) is 8.57. The maximum absolute atomic E-state index is 4.31. The van der Waals surface area contributed by atoms with E-state index in [0.717, 1.165) is 48.6 Å². The molecule has 0 saturated carbocycles. The zero-order valence-electron chi connectivity index (χ0n) is 13.2. The van der Waals surface area contributed by atoms with E-state index in [-0.39, 0.29) is 0 Å². The van der Waals surface area contributed by atoms with Crippen LogP contribution in [0, 0.1) is 0 Å². The van der Waals surface area contributed by atoms with Crippen molar-refractivity contribution in [1.82, 2.24) is 25.4 Å². The van der Waals surface area contributed by atoms with Crippen LogP contribution >= 0.6 is 15.9 Å². The normalized spacial score (nSPS) is 17.7. The summed E-state index contributed by atoms with van der Waals surface area (Å²) in [6, 6.07) is 8.74. The Morgan fingerprint density at radius 1 is 1.39 bits per heavy atom. The molecule has 23 heavy (non-hydrogen) atoms. The first kappa shape index (κ1) is 16.0. The molecule has 2 heterocycles. The van der Waals surface area contributed by atoms with Gasteiger partial charge in [0.2, 0.25) is 0 Å². The number of aromatic nitrogens is 3. The van der Waals surface area contributed by atoms with Crippen LogP contribution in [0.2, 0.25) is 0 Å². The summed E-state index contributed by atoms with van der Waals surface area (Å²) in [6.07, 6.45) is 4.59. The Bertz CT molecular complexity index is 663. The van der Waals surface area contributed by atoms with Crippen molar-refractivity contribution in [3.05, 3.63) is 46.5 Å². The molecule has 1 aromatic carbocycles. The first-order chi connectivity index (χ1) is 11.2. The van der Waals surface area contributed by atoms with Gasteiger partial charge in [-0.1, -0.05) is 28.1 Å². The van der Waals surface area contributed by atoms with Gasteiger partial charge in [-0.3, -0.25) is 4.99 Å². The number of hydrogen-bond donors (Lipinski definition) is 2. The van der Waals surface area contributed by atoms with Crippen molar-refractivity contribution in [2.24, 2.45) is 4.99 Å². The van der Waals surface area contributed by atoms with Crippen LogP contribution in [0.3, 0.4) is 0 Å². The van der Waals surface area contributed by atoms with E-state index >= 15 is 0 Å². The van der Waals surface area contributed by atoms with Crippen molar-refractivity contribution in [3.8, 4) is 0 Å². The Morgan fingerprint density at radius 3 is 3.00 bits per heavy atom. The van der Waals surface area contributed by atoms with Crippen LogP contribution < -0.4 is 10.6 Å². The average molecular weight is 377 g/mol. The second-order valence-corrected chi connectivity index (χ2v) is 6.53. The van der Waals surface area contributed by atoms with Crippen molar-refractivity contribution in [2.45, 2.75) is 31.8 Å². The first-order valence-corrected chi connectivity index (χ1v) is 8.62. The fourth-order valence-electron chi connectivity index (χ4n) is 2.72. The smallest absolute Gasteiger partial charge is 0.191 e. The molecule has 0 amide bonds. The number of rotatable bonds is 4. The third-order valence-corrected chi connectivity index (χ3v) is 4.52. The third-order valence-electron chi connectivity index (χ3n) is 3.99. The Labute approximate surface area is 144 Å². The lowest BCUT2D eigenvalue weighted by atomic mass is 10.1. The molecule has 6 nitrogen and oxygen atoms in total. The summed E-state index contributed by atoms with van der Waals surface area (Å²) in [7, 11) is 1.80. The number of fused-ring (bicyclic) bond motifs is 1. The highest BCUT2D eigenvalue weighted by molar-refractivity contribution is 9.10. The van der Waals surface area contributed by atoms with E-state index < -0.39 is 0 Å². The molecule has 122 valence electrons. The van der Waals surface area contributed by atoms with Crippen LogP contribution in [-0.4, -0.2) is 40.4 Å². The van der Waals surface area contributed by atoms with Crippen LogP contribution in [0.1, 0.15) is 17.8 Å². The topological polar surface area (TPSA) is 67.1 Å². The van der Waals surface area contributed by atoms with Gasteiger partial charge in [0.25, 0.3) is 0 Å². The van der Waals surface area contributed by atoms with Crippen LogP contribution in [0.4, 0.5) is 0 Å². The highest BCUT2D eigenvalue weighted by Crippen LogP contribution is 2.12. The van der Waals surface area contributed by atoms with Gasteiger partial charge in [-0.25, -0.2) is 9.67 Å². The molecule has 0 bridgehead atoms. The van der Waals surface area contributed by atoms with Gasteiger partial charge in [0, 0.05) is 30.5 Å². The number of aryl methyl sites for hydroxylation is 1. The minimum Gasteiger partial charge on any atom is -0.356 e. The van der Waals surface area contributed by atoms with Gasteiger partial charge in [-0.15, -0.1) is 0 Å². The van der Waals surface area contributed by atoms with Gasteiger partial charge in [-0.2, -0.15) is 5.10 Å². The number of nitrogens with one attached hydrogen (secondary N) is 2. The van der Waals surface area contributed by atoms with E-state index in [0.29, 0.717) is 6.04 Å². The van der Waals surface area contributed by atoms with Crippen LogP contribution in [-0.2, 0) is 19.4 Å². The molecule has 1 aliphatic rings. The fourth-order valence-corrected chi connectivity index (χ4v) is 2.98. The molecule has 1 aromatic heterocycles. The zero-order valence-corrected chi connectivity index (χ0v) is 14.8. The number of hydrogen-bond acceptors (Lipinski definition) is 3. The Kier molecular flexibility index (Phi) is 5.27. The van der Waals surface area contributed by atoms with E-state index in [9.17, 15) is 0 Å². The highest BCUT2D eigenvalue weighted by Gasteiger charge is 2.20. The number of halogens is 1. The van der Waals surface area contributed by atoms with Gasteiger partial charge >= 0.3 is 0 Å². The number of guanidine groups is 1. The minimum absolute atomic E-state index is 0.336. The van der Waals surface area contributed by atoms with Crippen LogP contribution in [0.25, 0.3) is 0 Å². The standard InChI is InChI=1S/C16H21BrN6/c1-18-16(19-9-8-12-2-4-13(17)5-3-12)22-14-6-7-15-20-11-21-23(15)10-14/h2-5,11,14H,6-10H2,1H3,(H2,18,19,22). The SMILES string of the molecule is CN=C(NCCc1ccc(Br)cc1)NC1CCc2ncnn2C1. The van der Waals surface area contributed by atoms with E-state index in [4.69, 9.17) is 0 Å². The average Bonchev–Trinajstić information content (AvgIpc) is 3.03. The molecule has 7 heteroatoms. The summed E-state index contributed by atoms with van der Waals surface area (Å²) in [5.41, 5.74) is 1.31. The lowest BCUT2D eigenvalue weighted by Crippen LogP contribution is -2.47. The molecule has 1 aliphatic heterocycles. The molecule has 0 radical (unpaired) electrons. The quantitative estimate of drug-likeness (QED) is 0.630. The Hall–Kier alpha value is -1.89. The number of benzene rings is 1. The van der Waals surface area contributed by atoms with Gasteiger partial charge in [-0.05, 0) is 30.5 Å². The molecule has 2 aromatic rings. The predicted octanol–water partition coefficient (Wildman–Crippen LogP) is 1.76. The third kappa shape index (κ3) is 4.31. The largest absolute Gasteiger partial charge is 0.356 e. The van der Waals surface area contributed by atoms with Crippen molar-refractivity contribution >= 4 is 21.9 Å². The summed E-state index contributed by atoms with van der Waals surface area (Å²) in [5.74, 6) is 1.91. The number of aliphatic imine (C=N–C) groups is 1. The summed E-state index contributed by atoms with van der Waals surface area (Å²) < 4.78 is 3.08. The van der Waals surface area contributed by atoms with E-state index in [1.54, 1.807) is 13.4 Å². The van der Waals surface area contributed by atoms with Gasteiger partial charge in [0.15, 0.2) is 5.96 Å². The monoisotopic (exact) mass is 376 g/mol. The molecule has 1 atom stereocenters. The molecule has 2 N–H and O–H groups in total. The molecule has 0 saturated heterocycles. The first-order valence-electron chi connectivity index (χ1n) is 7.83. The molecule has 0 aliphatic carbocycles. The maximum atomic E-state index is 4.31. The van der Waals surface area contributed by atoms with Crippen molar-refractivity contribution in [3.63, 3.8) is 0 Å². The fraction of sp³-hybridized carbons (Fsp3) is 0.438. The summed E-state index contributed by atoms with van der Waals surface area (Å²) >= 11 is 3.46. The lowest BCUT2D eigenvalue weighted by molar-refractivity contribution is 0.393. The zero-order chi connectivity index (χ0) is 16.1. The molecule has 1 unspecified atom stereocenters. The Morgan fingerprint density at radius 2 is 2.22 bits per heavy atom. The second-order valence-electron chi connectivity index (χ2n) is 5.61. The second kappa shape index (κ2) is 7.59. The lowest BCUT2D eigenvalue weighted by Gasteiger charge is -2.25. The van der Waals surface area contributed by atoms with E-state index in [1.165, 1.54) is 5.56 Å². The number of nitrogens with zero attached hydrogens (tertiary/aromatic N) is 4.